The molecule has 0 bridgehead atoms. The van der Waals surface area contributed by atoms with E-state index in [9.17, 15) is 10.2 Å². The SMILES string of the molecule is CO[C@@H]1[C@H](O)[C@@H](CO)O[C@H]1n1ccc2cncnc21. The summed E-state index contributed by atoms with van der Waals surface area (Å²) in [6.07, 6.45) is 2.36. The van der Waals surface area contributed by atoms with Crippen molar-refractivity contribution in [3.63, 3.8) is 0 Å². The first-order valence-corrected chi connectivity index (χ1v) is 6.00. The van der Waals surface area contributed by atoms with Crippen LogP contribution in [0.15, 0.2) is 24.8 Å². The third-order valence-corrected chi connectivity index (χ3v) is 3.42. The molecule has 1 aliphatic rings. The maximum absolute atomic E-state index is 10.0. The van der Waals surface area contributed by atoms with Crippen LogP contribution in [0.2, 0.25) is 0 Å². The highest BCUT2D eigenvalue weighted by atomic mass is 16.6. The summed E-state index contributed by atoms with van der Waals surface area (Å²) in [5.74, 6) is 0. The molecule has 2 N–H and O–H groups in total. The molecule has 0 radical (unpaired) electrons. The summed E-state index contributed by atoms with van der Waals surface area (Å²) in [7, 11) is 1.50. The van der Waals surface area contributed by atoms with Gasteiger partial charge in [0.2, 0.25) is 0 Å². The summed E-state index contributed by atoms with van der Waals surface area (Å²) >= 11 is 0. The van der Waals surface area contributed by atoms with E-state index in [0.29, 0.717) is 5.65 Å². The quantitative estimate of drug-likeness (QED) is 0.791. The Bertz CT molecular complexity index is 573. The highest BCUT2D eigenvalue weighted by Gasteiger charge is 2.45. The van der Waals surface area contributed by atoms with Crippen LogP contribution in [0.25, 0.3) is 11.0 Å². The number of aliphatic hydroxyl groups excluding tert-OH is 2. The average Bonchev–Trinajstić information content (AvgIpc) is 2.99. The summed E-state index contributed by atoms with van der Waals surface area (Å²) in [6, 6.07) is 1.87. The molecule has 0 aromatic carbocycles. The van der Waals surface area contributed by atoms with Gasteiger partial charge in [0, 0.05) is 24.9 Å². The molecule has 7 nitrogen and oxygen atoms in total. The van der Waals surface area contributed by atoms with Crippen LogP contribution in [0.5, 0.6) is 0 Å². The van der Waals surface area contributed by atoms with Crippen molar-refractivity contribution in [2.45, 2.75) is 24.5 Å². The van der Waals surface area contributed by atoms with Crippen LogP contribution in [0.1, 0.15) is 6.23 Å². The topological polar surface area (TPSA) is 89.6 Å². The summed E-state index contributed by atoms with van der Waals surface area (Å²) in [4.78, 5) is 8.15. The van der Waals surface area contributed by atoms with Crippen LogP contribution in [0, 0.1) is 0 Å². The van der Waals surface area contributed by atoms with Gasteiger partial charge in [0.1, 0.15) is 30.3 Å². The zero-order chi connectivity index (χ0) is 13.4. The molecule has 0 spiro atoms. The third-order valence-electron chi connectivity index (χ3n) is 3.42. The molecule has 102 valence electrons. The van der Waals surface area contributed by atoms with Crippen LogP contribution in [0.3, 0.4) is 0 Å². The molecular weight excluding hydrogens is 250 g/mol. The lowest BCUT2D eigenvalue weighted by Gasteiger charge is -2.20. The van der Waals surface area contributed by atoms with E-state index in [-0.39, 0.29) is 6.61 Å². The molecular formula is C12H15N3O4. The zero-order valence-corrected chi connectivity index (χ0v) is 10.4. The number of aliphatic hydroxyl groups is 2. The van der Waals surface area contributed by atoms with Gasteiger partial charge in [-0.25, -0.2) is 9.97 Å². The second-order valence-electron chi connectivity index (χ2n) is 4.46. The largest absolute Gasteiger partial charge is 0.394 e. The lowest BCUT2D eigenvalue weighted by molar-refractivity contribution is -0.0580. The van der Waals surface area contributed by atoms with Gasteiger partial charge < -0.3 is 24.3 Å². The van der Waals surface area contributed by atoms with E-state index in [1.54, 1.807) is 10.8 Å². The summed E-state index contributed by atoms with van der Waals surface area (Å²) in [5, 5.41) is 20.1. The number of methoxy groups -OCH3 is 1. The first-order chi connectivity index (χ1) is 9.26. The zero-order valence-electron chi connectivity index (χ0n) is 10.4. The predicted molar refractivity (Wildman–Crippen MR) is 65.3 cm³/mol. The molecule has 1 saturated heterocycles. The number of aromatic nitrogens is 3. The van der Waals surface area contributed by atoms with Crippen LogP contribution < -0.4 is 0 Å². The Balaban J connectivity index is 2.01. The van der Waals surface area contributed by atoms with Crippen LogP contribution in [0.4, 0.5) is 0 Å². The molecule has 2 aromatic rings. The summed E-state index contributed by atoms with van der Waals surface area (Å²) in [5.41, 5.74) is 0.702. The van der Waals surface area contributed by atoms with Crippen LogP contribution in [-0.2, 0) is 9.47 Å². The van der Waals surface area contributed by atoms with E-state index >= 15 is 0 Å². The van der Waals surface area contributed by atoms with E-state index in [2.05, 4.69) is 9.97 Å². The summed E-state index contributed by atoms with van der Waals surface area (Å²) in [6.45, 7) is -0.258. The van der Waals surface area contributed by atoms with Crippen molar-refractivity contribution in [1.82, 2.24) is 14.5 Å². The molecule has 0 aliphatic carbocycles. The fraction of sp³-hybridized carbons (Fsp3) is 0.500. The van der Waals surface area contributed by atoms with Gasteiger partial charge in [0.15, 0.2) is 6.23 Å². The monoisotopic (exact) mass is 265 g/mol. The Labute approximate surface area is 109 Å². The highest BCUT2D eigenvalue weighted by Crippen LogP contribution is 2.33. The molecule has 2 aromatic heterocycles. The van der Waals surface area contributed by atoms with Gasteiger partial charge in [-0.05, 0) is 6.07 Å². The Morgan fingerprint density at radius 2 is 2.37 bits per heavy atom. The molecule has 0 unspecified atom stereocenters. The van der Waals surface area contributed by atoms with Crippen molar-refractivity contribution in [3.05, 3.63) is 24.8 Å². The average molecular weight is 265 g/mol. The minimum absolute atomic E-state index is 0.258. The van der Waals surface area contributed by atoms with Crippen LogP contribution in [-0.4, -0.2) is 56.8 Å². The van der Waals surface area contributed by atoms with Gasteiger partial charge in [-0.15, -0.1) is 0 Å². The Kier molecular flexibility index (Phi) is 3.19. The van der Waals surface area contributed by atoms with E-state index in [1.165, 1.54) is 13.4 Å². The fourth-order valence-electron chi connectivity index (χ4n) is 2.45. The van der Waals surface area contributed by atoms with Gasteiger partial charge in [0.05, 0.1) is 6.61 Å². The highest BCUT2D eigenvalue weighted by molar-refractivity contribution is 5.74. The van der Waals surface area contributed by atoms with Gasteiger partial charge in [-0.3, -0.25) is 0 Å². The Hall–Kier alpha value is -1.54. The second-order valence-corrected chi connectivity index (χ2v) is 4.46. The standard InChI is InChI=1S/C12H15N3O4/c1-18-10-9(17)8(5-16)19-12(10)15-3-2-7-4-13-6-14-11(7)15/h2-4,6,8-10,12,16-17H,5H2,1H3/t8-,9-,10-,12-/m1/s1. The van der Waals surface area contributed by atoms with E-state index < -0.39 is 24.5 Å². The molecule has 1 fully saturated rings. The van der Waals surface area contributed by atoms with Crippen molar-refractivity contribution >= 4 is 11.0 Å². The Morgan fingerprint density at radius 1 is 1.53 bits per heavy atom. The molecule has 4 atom stereocenters. The molecule has 0 saturated carbocycles. The second kappa shape index (κ2) is 4.86. The summed E-state index contributed by atoms with van der Waals surface area (Å²) < 4.78 is 12.7. The smallest absolute Gasteiger partial charge is 0.164 e. The van der Waals surface area contributed by atoms with E-state index in [0.717, 1.165) is 5.39 Å². The molecule has 3 heterocycles. The van der Waals surface area contributed by atoms with Crippen molar-refractivity contribution in [2.75, 3.05) is 13.7 Å². The third kappa shape index (κ3) is 1.91. The minimum Gasteiger partial charge on any atom is -0.394 e. The number of hydrogen-bond acceptors (Lipinski definition) is 6. The number of ether oxygens (including phenoxy) is 2. The number of rotatable bonds is 3. The normalized spacial score (nSPS) is 31.1. The van der Waals surface area contributed by atoms with E-state index in [4.69, 9.17) is 9.47 Å². The van der Waals surface area contributed by atoms with Crippen molar-refractivity contribution in [2.24, 2.45) is 0 Å². The lowest BCUT2D eigenvalue weighted by Crippen LogP contribution is -2.34. The number of nitrogens with zero attached hydrogens (tertiary/aromatic N) is 3. The van der Waals surface area contributed by atoms with Crippen molar-refractivity contribution in [3.8, 4) is 0 Å². The first kappa shape index (κ1) is 12.5. The molecule has 1 aliphatic heterocycles. The Morgan fingerprint density at radius 3 is 3.11 bits per heavy atom. The maximum Gasteiger partial charge on any atom is 0.164 e. The minimum atomic E-state index is -0.876. The molecule has 19 heavy (non-hydrogen) atoms. The van der Waals surface area contributed by atoms with Gasteiger partial charge in [-0.2, -0.15) is 0 Å². The van der Waals surface area contributed by atoms with Crippen molar-refractivity contribution < 1.29 is 19.7 Å². The van der Waals surface area contributed by atoms with Crippen LogP contribution >= 0.6 is 0 Å². The lowest BCUT2D eigenvalue weighted by atomic mass is 10.1. The van der Waals surface area contributed by atoms with Gasteiger partial charge in [-0.1, -0.05) is 0 Å². The number of fused-ring (bicyclic) bond motifs is 1. The first-order valence-electron chi connectivity index (χ1n) is 6.00. The maximum atomic E-state index is 10.0. The molecule has 0 amide bonds. The van der Waals surface area contributed by atoms with Gasteiger partial charge in [0.25, 0.3) is 0 Å². The molecule has 7 heteroatoms. The molecule has 3 rings (SSSR count). The van der Waals surface area contributed by atoms with Gasteiger partial charge >= 0.3 is 0 Å². The fourth-order valence-corrected chi connectivity index (χ4v) is 2.45. The van der Waals surface area contributed by atoms with E-state index in [1.807, 2.05) is 12.3 Å². The predicted octanol–water partition coefficient (Wildman–Crippen LogP) is -0.303. The number of hydrogen-bond donors (Lipinski definition) is 2. The van der Waals surface area contributed by atoms with Crippen molar-refractivity contribution in [1.29, 1.82) is 0 Å².